The molecule has 0 unspecified atom stereocenters. The maximum atomic E-state index is 9.09. The summed E-state index contributed by atoms with van der Waals surface area (Å²) in [5.41, 5.74) is 2.40. The summed E-state index contributed by atoms with van der Waals surface area (Å²) in [6.45, 7) is 2.00. The average Bonchev–Trinajstić information content (AvgIpc) is 2.77. The summed E-state index contributed by atoms with van der Waals surface area (Å²) in [5.74, 6) is 3.93. The number of aliphatic hydroxyl groups is 1. The van der Waals surface area contributed by atoms with Crippen LogP contribution in [0.4, 0.5) is 0 Å². The summed E-state index contributed by atoms with van der Waals surface area (Å²) in [5, 5.41) is 9.09. The zero-order valence-electron chi connectivity index (χ0n) is 8.99. The molecule has 16 heavy (non-hydrogen) atoms. The summed E-state index contributed by atoms with van der Waals surface area (Å²) < 4.78 is 10.5. The summed E-state index contributed by atoms with van der Waals surface area (Å²) >= 11 is 0. The number of aliphatic hydroxyl groups excluding tert-OH is 1. The van der Waals surface area contributed by atoms with Gasteiger partial charge in [0.1, 0.15) is 0 Å². The monoisotopic (exact) mass is 216 g/mol. The van der Waals surface area contributed by atoms with E-state index in [1.54, 1.807) is 0 Å². The van der Waals surface area contributed by atoms with Crippen molar-refractivity contribution in [1.29, 1.82) is 0 Å². The van der Waals surface area contributed by atoms with Crippen LogP contribution in [0.3, 0.4) is 0 Å². The number of rotatable bonds is 2. The first-order valence-electron chi connectivity index (χ1n) is 4.93. The van der Waals surface area contributed by atoms with E-state index < -0.39 is 0 Å². The zero-order valence-corrected chi connectivity index (χ0v) is 8.99. The van der Waals surface area contributed by atoms with Crippen LogP contribution in [0, 0.1) is 12.3 Å². The van der Waals surface area contributed by atoms with Gasteiger partial charge in [0.25, 0.3) is 0 Å². The van der Waals surface area contributed by atoms with Crippen molar-refractivity contribution in [3.05, 3.63) is 29.3 Å². The molecule has 0 amide bonds. The summed E-state index contributed by atoms with van der Waals surface area (Å²) in [6.07, 6.45) is 5.31. The molecule has 0 atom stereocenters. The fourth-order valence-corrected chi connectivity index (χ4v) is 1.58. The number of ether oxygens (including phenoxy) is 2. The van der Waals surface area contributed by atoms with Gasteiger partial charge in [0, 0.05) is 5.57 Å². The second kappa shape index (κ2) is 4.30. The van der Waals surface area contributed by atoms with Crippen molar-refractivity contribution in [2.24, 2.45) is 0 Å². The van der Waals surface area contributed by atoms with Crippen LogP contribution in [-0.2, 0) is 0 Å². The molecule has 0 radical (unpaired) electrons. The van der Waals surface area contributed by atoms with Crippen LogP contribution in [0.5, 0.6) is 11.5 Å². The van der Waals surface area contributed by atoms with E-state index in [1.807, 2.05) is 25.1 Å². The smallest absolute Gasteiger partial charge is 0.231 e. The van der Waals surface area contributed by atoms with Crippen LogP contribution in [-0.4, -0.2) is 18.5 Å². The second-order valence-electron chi connectivity index (χ2n) is 3.47. The first kappa shape index (κ1) is 10.6. The lowest BCUT2D eigenvalue weighted by atomic mass is 10.0. The Labute approximate surface area is 94.3 Å². The molecule has 0 fully saturated rings. The normalized spacial score (nSPS) is 14.3. The van der Waals surface area contributed by atoms with Gasteiger partial charge < -0.3 is 14.6 Å². The lowest BCUT2D eigenvalue weighted by Gasteiger charge is -2.06. The van der Waals surface area contributed by atoms with E-state index in [2.05, 4.69) is 5.92 Å². The number of fused-ring (bicyclic) bond motifs is 1. The van der Waals surface area contributed by atoms with Gasteiger partial charge in [0.05, 0.1) is 6.61 Å². The molecular formula is C13H12O3. The standard InChI is InChI=1S/C13H12O3/c1-3-10(7-14)9(2)11-4-5-12-13(6-11)16-8-15-12/h1,4-6,14H,7-8H2,2H3. The molecule has 1 N–H and O–H groups in total. The van der Waals surface area contributed by atoms with Gasteiger partial charge in [-0.15, -0.1) is 6.42 Å². The molecule has 1 aliphatic heterocycles. The van der Waals surface area contributed by atoms with Gasteiger partial charge in [-0.05, 0) is 30.2 Å². The lowest BCUT2D eigenvalue weighted by molar-refractivity contribution is 0.174. The molecule has 1 aromatic rings. The first-order valence-corrected chi connectivity index (χ1v) is 4.93. The van der Waals surface area contributed by atoms with Crippen LogP contribution in [0.25, 0.3) is 5.57 Å². The van der Waals surface area contributed by atoms with Crippen LogP contribution in [0.15, 0.2) is 23.8 Å². The van der Waals surface area contributed by atoms with E-state index in [1.165, 1.54) is 0 Å². The Morgan fingerprint density at radius 2 is 2.19 bits per heavy atom. The quantitative estimate of drug-likeness (QED) is 0.766. The van der Waals surface area contributed by atoms with Crippen molar-refractivity contribution in [3.63, 3.8) is 0 Å². The predicted octanol–water partition coefficient (Wildman–Crippen LogP) is 1.81. The van der Waals surface area contributed by atoms with Crippen LogP contribution in [0.2, 0.25) is 0 Å². The average molecular weight is 216 g/mol. The van der Waals surface area contributed by atoms with Crippen LogP contribution < -0.4 is 9.47 Å². The first-order chi connectivity index (χ1) is 7.76. The topological polar surface area (TPSA) is 38.7 Å². The number of benzene rings is 1. The van der Waals surface area contributed by atoms with Crippen LogP contribution in [0.1, 0.15) is 12.5 Å². The summed E-state index contributed by atoms with van der Waals surface area (Å²) in [4.78, 5) is 0. The van der Waals surface area contributed by atoms with E-state index in [9.17, 15) is 0 Å². The van der Waals surface area contributed by atoms with Gasteiger partial charge in [0.2, 0.25) is 6.79 Å². The number of terminal acetylenes is 1. The molecule has 1 aliphatic rings. The minimum absolute atomic E-state index is 0.128. The maximum absolute atomic E-state index is 9.09. The molecule has 1 aromatic carbocycles. The molecule has 0 saturated carbocycles. The highest BCUT2D eigenvalue weighted by Crippen LogP contribution is 2.34. The number of hydrogen-bond acceptors (Lipinski definition) is 3. The third-order valence-corrected chi connectivity index (χ3v) is 2.59. The van der Waals surface area contributed by atoms with Gasteiger partial charge in [-0.3, -0.25) is 0 Å². The largest absolute Gasteiger partial charge is 0.454 e. The van der Waals surface area contributed by atoms with Crippen molar-refractivity contribution in [1.82, 2.24) is 0 Å². The van der Waals surface area contributed by atoms with Gasteiger partial charge in [-0.1, -0.05) is 12.0 Å². The Bertz CT molecular complexity index is 480. The molecule has 0 aliphatic carbocycles. The number of hydrogen-bond donors (Lipinski definition) is 1. The molecular weight excluding hydrogens is 204 g/mol. The predicted molar refractivity (Wildman–Crippen MR) is 61.1 cm³/mol. The van der Waals surface area contributed by atoms with Crippen molar-refractivity contribution in [2.75, 3.05) is 13.4 Å². The Morgan fingerprint density at radius 3 is 2.88 bits per heavy atom. The van der Waals surface area contributed by atoms with Crippen molar-refractivity contribution in [2.45, 2.75) is 6.92 Å². The van der Waals surface area contributed by atoms with E-state index in [-0.39, 0.29) is 13.4 Å². The molecule has 0 spiro atoms. The molecule has 82 valence electrons. The van der Waals surface area contributed by atoms with E-state index in [0.29, 0.717) is 11.3 Å². The maximum Gasteiger partial charge on any atom is 0.231 e. The lowest BCUT2D eigenvalue weighted by Crippen LogP contribution is -1.93. The highest BCUT2D eigenvalue weighted by atomic mass is 16.7. The minimum atomic E-state index is -0.128. The molecule has 0 saturated heterocycles. The molecule has 1 heterocycles. The second-order valence-corrected chi connectivity index (χ2v) is 3.47. The highest BCUT2D eigenvalue weighted by molar-refractivity contribution is 5.72. The number of allylic oxidation sites excluding steroid dienone is 1. The van der Waals surface area contributed by atoms with Gasteiger partial charge in [0.15, 0.2) is 11.5 Å². The molecule has 0 bridgehead atoms. The Morgan fingerprint density at radius 1 is 1.44 bits per heavy atom. The third kappa shape index (κ3) is 1.75. The molecule has 0 aromatic heterocycles. The van der Waals surface area contributed by atoms with Gasteiger partial charge in [-0.25, -0.2) is 0 Å². The Balaban J connectivity index is 2.43. The van der Waals surface area contributed by atoms with Gasteiger partial charge >= 0.3 is 0 Å². The van der Waals surface area contributed by atoms with E-state index >= 15 is 0 Å². The van der Waals surface area contributed by atoms with Gasteiger partial charge in [-0.2, -0.15) is 0 Å². The van der Waals surface area contributed by atoms with Crippen molar-refractivity contribution >= 4 is 5.57 Å². The van der Waals surface area contributed by atoms with Crippen molar-refractivity contribution in [3.8, 4) is 23.8 Å². The van der Waals surface area contributed by atoms with E-state index in [4.69, 9.17) is 21.0 Å². The Hall–Kier alpha value is -1.92. The van der Waals surface area contributed by atoms with Crippen LogP contribution >= 0.6 is 0 Å². The summed E-state index contributed by atoms with van der Waals surface area (Å²) in [7, 11) is 0. The zero-order chi connectivity index (χ0) is 11.5. The molecule has 3 heteroatoms. The minimum Gasteiger partial charge on any atom is -0.454 e. The van der Waals surface area contributed by atoms with Crippen molar-refractivity contribution < 1.29 is 14.6 Å². The molecule has 2 rings (SSSR count). The fraction of sp³-hybridized carbons (Fsp3) is 0.231. The van der Waals surface area contributed by atoms with E-state index in [0.717, 1.165) is 16.9 Å². The summed E-state index contributed by atoms with van der Waals surface area (Å²) in [6, 6.07) is 5.60. The third-order valence-electron chi connectivity index (χ3n) is 2.59. The molecule has 3 nitrogen and oxygen atoms in total. The SMILES string of the molecule is C#CC(CO)=C(C)c1ccc2c(c1)OCO2. The Kier molecular flexibility index (Phi) is 2.84. The fourth-order valence-electron chi connectivity index (χ4n) is 1.58. The highest BCUT2D eigenvalue weighted by Gasteiger charge is 2.14.